The molecule has 6 nitrogen and oxygen atoms in total. The van der Waals surface area contributed by atoms with Gasteiger partial charge in [0.1, 0.15) is 5.82 Å². The minimum absolute atomic E-state index is 0.169. The number of hydrogen-bond donors (Lipinski definition) is 1. The number of para-hydroxylation sites is 1. The van der Waals surface area contributed by atoms with Gasteiger partial charge in [0.2, 0.25) is 0 Å². The van der Waals surface area contributed by atoms with Crippen LogP contribution in [0, 0.1) is 0 Å². The maximum absolute atomic E-state index is 13.0. The van der Waals surface area contributed by atoms with Crippen molar-refractivity contribution >= 4 is 33.4 Å². The lowest BCUT2D eigenvalue weighted by Crippen LogP contribution is -2.28. The third kappa shape index (κ3) is 3.87. The maximum Gasteiger partial charge on any atom is 0.277 e. The molecule has 4 rings (SSSR count). The van der Waals surface area contributed by atoms with Gasteiger partial charge in [0.25, 0.3) is 11.5 Å². The second kappa shape index (κ2) is 8.22. The highest BCUT2D eigenvalue weighted by Crippen LogP contribution is 2.18. The molecule has 0 unspecified atom stereocenters. The highest BCUT2D eigenvalue weighted by molar-refractivity contribution is 6.11. The summed E-state index contributed by atoms with van der Waals surface area (Å²) in [5.41, 5.74) is 0.858. The van der Waals surface area contributed by atoms with Gasteiger partial charge in [-0.1, -0.05) is 56.2 Å². The molecule has 0 fully saturated rings. The van der Waals surface area contributed by atoms with Crippen LogP contribution in [0.5, 0.6) is 0 Å². The Morgan fingerprint density at radius 2 is 1.72 bits per heavy atom. The summed E-state index contributed by atoms with van der Waals surface area (Å²) in [5, 5.41) is 9.26. The van der Waals surface area contributed by atoms with Crippen LogP contribution < -0.4 is 10.9 Å². The van der Waals surface area contributed by atoms with Gasteiger partial charge in [-0.15, -0.1) is 0 Å². The van der Waals surface area contributed by atoms with Gasteiger partial charge in [0, 0.05) is 17.3 Å². The average Bonchev–Trinajstić information content (AvgIpc) is 2.75. The van der Waals surface area contributed by atoms with Gasteiger partial charge in [-0.05, 0) is 30.7 Å². The van der Waals surface area contributed by atoms with E-state index in [1.807, 2.05) is 30.3 Å². The highest BCUT2D eigenvalue weighted by atomic mass is 16.2. The lowest BCUT2D eigenvalue weighted by atomic mass is 10.1. The Kier molecular flexibility index (Phi) is 5.33. The first kappa shape index (κ1) is 18.8. The number of aromatic nitrogens is 3. The van der Waals surface area contributed by atoms with E-state index >= 15 is 0 Å². The summed E-state index contributed by atoms with van der Waals surface area (Å²) in [6.45, 7) is 2.60. The van der Waals surface area contributed by atoms with Gasteiger partial charge >= 0.3 is 0 Å². The van der Waals surface area contributed by atoms with E-state index in [4.69, 9.17) is 0 Å². The van der Waals surface area contributed by atoms with Crippen LogP contribution in [0.15, 0.2) is 65.5 Å². The maximum atomic E-state index is 13.0. The zero-order valence-electron chi connectivity index (χ0n) is 16.3. The van der Waals surface area contributed by atoms with E-state index in [1.54, 1.807) is 30.3 Å². The van der Waals surface area contributed by atoms with Gasteiger partial charge in [-0.2, -0.15) is 5.10 Å². The number of rotatable bonds is 6. The molecule has 0 aliphatic carbocycles. The van der Waals surface area contributed by atoms with Crippen molar-refractivity contribution in [3.8, 4) is 0 Å². The second-order valence-electron chi connectivity index (χ2n) is 6.97. The molecule has 29 heavy (non-hydrogen) atoms. The number of carbonyl (C=O) groups is 1. The number of nitrogens with one attached hydrogen (secondary N) is 1. The molecule has 0 radical (unpaired) electrons. The van der Waals surface area contributed by atoms with Crippen LogP contribution in [-0.2, 0) is 6.54 Å². The normalized spacial score (nSPS) is 11.1. The Bertz CT molecular complexity index is 1250. The minimum Gasteiger partial charge on any atom is -0.305 e. The van der Waals surface area contributed by atoms with E-state index in [9.17, 15) is 9.59 Å². The van der Waals surface area contributed by atoms with Gasteiger partial charge < -0.3 is 5.32 Å². The van der Waals surface area contributed by atoms with Crippen molar-refractivity contribution in [2.45, 2.75) is 32.7 Å². The molecule has 4 aromatic rings. The molecule has 0 aliphatic rings. The monoisotopic (exact) mass is 386 g/mol. The molecule has 2 aromatic carbocycles. The second-order valence-corrected chi connectivity index (χ2v) is 6.97. The van der Waals surface area contributed by atoms with Crippen molar-refractivity contribution in [3.05, 3.63) is 76.7 Å². The summed E-state index contributed by atoms with van der Waals surface area (Å²) in [6.07, 6.45) is 2.89. The first-order valence-electron chi connectivity index (χ1n) is 9.84. The Morgan fingerprint density at radius 1 is 0.966 bits per heavy atom. The fraction of sp³-hybridized carbons (Fsp3) is 0.217. The molecule has 0 aliphatic heterocycles. The van der Waals surface area contributed by atoms with Crippen LogP contribution in [0.2, 0.25) is 0 Å². The number of fused-ring (bicyclic) bond motifs is 2. The Labute approximate surface area is 168 Å². The number of amides is 1. The molecule has 0 spiro atoms. The fourth-order valence-electron chi connectivity index (χ4n) is 3.38. The van der Waals surface area contributed by atoms with Crippen LogP contribution >= 0.6 is 0 Å². The van der Waals surface area contributed by atoms with Gasteiger partial charge in [0.05, 0.1) is 10.9 Å². The SMILES string of the molecule is CCCCCn1nc(C(=O)Nc2ccc3ccccc3n2)c2ccccc2c1=O. The standard InChI is InChI=1S/C23H22N4O2/c1-2-3-8-15-27-23(29)18-11-6-5-10-17(18)21(26-27)22(28)25-20-14-13-16-9-4-7-12-19(16)24-20/h4-7,9-14H,2-3,8,15H2,1H3,(H,24,25,28). The number of carbonyl (C=O) groups excluding carboxylic acids is 1. The highest BCUT2D eigenvalue weighted by Gasteiger charge is 2.17. The summed E-state index contributed by atoms with van der Waals surface area (Å²) in [4.78, 5) is 30.3. The number of aryl methyl sites for hydroxylation is 1. The van der Waals surface area contributed by atoms with Gasteiger partial charge in [-0.25, -0.2) is 9.67 Å². The minimum atomic E-state index is -0.381. The van der Waals surface area contributed by atoms with Crippen LogP contribution in [-0.4, -0.2) is 20.7 Å². The Morgan fingerprint density at radius 3 is 2.55 bits per heavy atom. The molecule has 146 valence electrons. The molecule has 0 saturated heterocycles. The van der Waals surface area contributed by atoms with Crippen molar-refractivity contribution in [3.63, 3.8) is 0 Å². The summed E-state index contributed by atoms with van der Waals surface area (Å²) in [7, 11) is 0. The number of anilines is 1. The van der Waals surface area contributed by atoms with Crippen molar-refractivity contribution < 1.29 is 4.79 Å². The lowest BCUT2D eigenvalue weighted by Gasteiger charge is -2.11. The number of unbranched alkanes of at least 4 members (excludes halogenated alkanes) is 2. The van der Waals surface area contributed by atoms with E-state index in [2.05, 4.69) is 22.3 Å². The summed E-state index contributed by atoms with van der Waals surface area (Å²) < 4.78 is 1.40. The van der Waals surface area contributed by atoms with Crippen molar-refractivity contribution in [2.75, 3.05) is 5.32 Å². The van der Waals surface area contributed by atoms with Gasteiger partial charge in [0.15, 0.2) is 5.69 Å². The molecule has 1 N–H and O–H groups in total. The number of benzene rings is 2. The molecule has 0 atom stereocenters. The fourth-order valence-corrected chi connectivity index (χ4v) is 3.38. The Hall–Kier alpha value is -3.54. The summed E-state index contributed by atoms with van der Waals surface area (Å²) >= 11 is 0. The van der Waals surface area contributed by atoms with E-state index in [-0.39, 0.29) is 17.2 Å². The topological polar surface area (TPSA) is 76.9 Å². The molecule has 1 amide bonds. The third-order valence-electron chi connectivity index (χ3n) is 4.90. The van der Waals surface area contributed by atoms with Gasteiger partial charge in [-0.3, -0.25) is 9.59 Å². The van der Waals surface area contributed by atoms with Crippen molar-refractivity contribution in [1.82, 2.24) is 14.8 Å². The van der Waals surface area contributed by atoms with Crippen LogP contribution in [0.3, 0.4) is 0 Å². The third-order valence-corrected chi connectivity index (χ3v) is 4.90. The van der Waals surface area contributed by atoms with Crippen LogP contribution in [0.4, 0.5) is 5.82 Å². The molecular formula is C23H22N4O2. The number of pyridine rings is 1. The zero-order valence-corrected chi connectivity index (χ0v) is 16.3. The predicted octanol–water partition coefficient (Wildman–Crippen LogP) is 4.39. The molecule has 0 saturated carbocycles. The van der Waals surface area contributed by atoms with E-state index in [0.717, 1.165) is 30.2 Å². The lowest BCUT2D eigenvalue weighted by molar-refractivity contribution is 0.102. The van der Waals surface area contributed by atoms with Crippen LogP contribution in [0.1, 0.15) is 36.7 Å². The first-order valence-corrected chi connectivity index (χ1v) is 9.84. The van der Waals surface area contributed by atoms with Crippen molar-refractivity contribution in [2.24, 2.45) is 0 Å². The summed E-state index contributed by atoms with van der Waals surface area (Å²) in [6, 6.07) is 18.5. The smallest absolute Gasteiger partial charge is 0.277 e. The molecular weight excluding hydrogens is 364 g/mol. The van der Waals surface area contributed by atoms with Crippen LogP contribution in [0.25, 0.3) is 21.7 Å². The average molecular weight is 386 g/mol. The van der Waals surface area contributed by atoms with E-state index in [1.165, 1.54) is 4.68 Å². The number of hydrogen-bond acceptors (Lipinski definition) is 4. The first-order chi connectivity index (χ1) is 14.2. The molecule has 6 heteroatoms. The quantitative estimate of drug-likeness (QED) is 0.499. The predicted molar refractivity (Wildman–Crippen MR) is 115 cm³/mol. The molecule has 2 heterocycles. The van der Waals surface area contributed by atoms with E-state index in [0.29, 0.717) is 23.1 Å². The number of nitrogens with zero attached hydrogens (tertiary/aromatic N) is 3. The summed E-state index contributed by atoms with van der Waals surface area (Å²) in [5.74, 6) is 0.0662. The van der Waals surface area contributed by atoms with Crippen molar-refractivity contribution in [1.29, 1.82) is 0 Å². The van der Waals surface area contributed by atoms with E-state index < -0.39 is 0 Å². The molecule has 2 aromatic heterocycles. The zero-order chi connectivity index (χ0) is 20.2. The largest absolute Gasteiger partial charge is 0.305 e. The Balaban J connectivity index is 1.71. The molecule has 0 bridgehead atoms.